The van der Waals surface area contributed by atoms with Crippen molar-refractivity contribution in [3.8, 4) is 0 Å². The highest BCUT2D eigenvalue weighted by molar-refractivity contribution is 5.92. The Morgan fingerprint density at radius 1 is 1.56 bits per heavy atom. The highest BCUT2D eigenvalue weighted by Gasteiger charge is 2.30. The van der Waals surface area contributed by atoms with Crippen LogP contribution in [0.2, 0.25) is 0 Å². The van der Waals surface area contributed by atoms with Gasteiger partial charge in [-0.25, -0.2) is 0 Å². The molecule has 5 nitrogen and oxygen atoms in total. The molecule has 2 rings (SSSR count). The van der Waals surface area contributed by atoms with Gasteiger partial charge in [0.2, 0.25) is 0 Å². The normalized spacial score (nSPS) is 18.6. The molecule has 0 saturated carbocycles. The molecule has 2 N–H and O–H groups in total. The minimum Gasteiger partial charge on any atom is -0.388 e. The zero-order valence-electron chi connectivity index (χ0n) is 10.7. The van der Waals surface area contributed by atoms with Crippen molar-refractivity contribution in [3.63, 3.8) is 0 Å². The van der Waals surface area contributed by atoms with Gasteiger partial charge in [0.1, 0.15) is 5.69 Å². The summed E-state index contributed by atoms with van der Waals surface area (Å²) in [5.74, 6) is -0.137. The summed E-state index contributed by atoms with van der Waals surface area (Å²) in [6.07, 6.45) is 3.02. The Labute approximate surface area is 107 Å². The Hall–Kier alpha value is -1.33. The monoisotopic (exact) mass is 252 g/mol. The molecule has 100 valence electrons. The fourth-order valence-electron chi connectivity index (χ4n) is 2.16. The zero-order chi connectivity index (χ0) is 13.0. The molecule has 1 saturated heterocycles. The van der Waals surface area contributed by atoms with E-state index in [1.807, 2.05) is 23.8 Å². The first-order chi connectivity index (χ1) is 8.64. The second-order valence-corrected chi connectivity index (χ2v) is 4.70. The van der Waals surface area contributed by atoms with Gasteiger partial charge < -0.3 is 19.7 Å². The Bertz CT molecular complexity index is 408. The van der Waals surface area contributed by atoms with Crippen molar-refractivity contribution >= 4 is 5.91 Å². The molecular formula is C13H20N2O3. The molecule has 0 aromatic carbocycles. The smallest absolute Gasteiger partial charge is 0.268 e. The van der Waals surface area contributed by atoms with Crippen LogP contribution in [-0.2, 0) is 11.3 Å². The number of carbonyl (C=O) groups excluding carboxylic acids is 1. The first-order valence-electron chi connectivity index (χ1n) is 6.38. The highest BCUT2D eigenvalue weighted by Crippen LogP contribution is 2.19. The minimum atomic E-state index is -0.822. The SMILES string of the molecule is CCn1cccc1C(=O)NCC1(O)CCOCC1. The topological polar surface area (TPSA) is 63.5 Å². The van der Waals surface area contributed by atoms with Gasteiger partial charge in [-0.2, -0.15) is 0 Å². The summed E-state index contributed by atoms with van der Waals surface area (Å²) in [6.45, 7) is 4.14. The summed E-state index contributed by atoms with van der Waals surface area (Å²) in [5, 5.41) is 13.0. The van der Waals surface area contributed by atoms with Crippen molar-refractivity contribution in [1.82, 2.24) is 9.88 Å². The van der Waals surface area contributed by atoms with Crippen LogP contribution in [0.5, 0.6) is 0 Å². The van der Waals surface area contributed by atoms with E-state index >= 15 is 0 Å². The number of ether oxygens (including phenoxy) is 1. The van der Waals surface area contributed by atoms with Gasteiger partial charge in [0.05, 0.1) is 5.60 Å². The summed E-state index contributed by atoms with van der Waals surface area (Å²) in [7, 11) is 0. The fraction of sp³-hybridized carbons (Fsp3) is 0.615. The number of hydrogen-bond acceptors (Lipinski definition) is 3. The molecule has 0 aliphatic carbocycles. The fourth-order valence-corrected chi connectivity index (χ4v) is 2.16. The Balaban J connectivity index is 1.92. The van der Waals surface area contributed by atoms with Gasteiger partial charge in [0, 0.05) is 45.3 Å². The third kappa shape index (κ3) is 2.91. The summed E-state index contributed by atoms with van der Waals surface area (Å²) < 4.78 is 7.08. The van der Waals surface area contributed by atoms with E-state index in [0.717, 1.165) is 6.54 Å². The Morgan fingerprint density at radius 2 is 2.28 bits per heavy atom. The predicted octanol–water partition coefficient (Wildman–Crippen LogP) is 0.779. The lowest BCUT2D eigenvalue weighted by Crippen LogP contribution is -2.46. The van der Waals surface area contributed by atoms with Crippen molar-refractivity contribution in [2.75, 3.05) is 19.8 Å². The van der Waals surface area contributed by atoms with E-state index < -0.39 is 5.60 Å². The second kappa shape index (κ2) is 5.54. The summed E-state index contributed by atoms with van der Waals surface area (Å²) in [6, 6.07) is 3.63. The molecule has 1 aliphatic rings. The maximum atomic E-state index is 12.0. The van der Waals surface area contributed by atoms with Crippen molar-refractivity contribution < 1.29 is 14.6 Å². The molecule has 18 heavy (non-hydrogen) atoms. The molecule has 0 spiro atoms. The molecule has 1 aromatic rings. The Kier molecular flexibility index (Phi) is 4.04. The lowest BCUT2D eigenvalue weighted by Gasteiger charge is -2.32. The van der Waals surface area contributed by atoms with Gasteiger partial charge in [0.15, 0.2) is 0 Å². The standard InChI is InChI=1S/C13H20N2O3/c1-2-15-7-3-4-11(15)12(16)14-10-13(17)5-8-18-9-6-13/h3-4,7,17H,2,5-6,8-10H2,1H3,(H,14,16). The average Bonchev–Trinajstić information content (AvgIpc) is 2.85. The summed E-state index contributed by atoms with van der Waals surface area (Å²) in [5.41, 5.74) is -0.189. The van der Waals surface area contributed by atoms with E-state index in [1.165, 1.54) is 0 Å². The van der Waals surface area contributed by atoms with Crippen molar-refractivity contribution in [1.29, 1.82) is 0 Å². The van der Waals surface area contributed by atoms with E-state index in [2.05, 4.69) is 5.32 Å². The van der Waals surface area contributed by atoms with Gasteiger partial charge in [-0.15, -0.1) is 0 Å². The van der Waals surface area contributed by atoms with Gasteiger partial charge in [-0.05, 0) is 19.1 Å². The highest BCUT2D eigenvalue weighted by atomic mass is 16.5. The van der Waals surface area contributed by atoms with Gasteiger partial charge in [-0.3, -0.25) is 4.79 Å². The molecule has 1 aliphatic heterocycles. The zero-order valence-corrected chi connectivity index (χ0v) is 10.7. The third-order valence-electron chi connectivity index (χ3n) is 3.40. The minimum absolute atomic E-state index is 0.137. The first kappa shape index (κ1) is 13.1. The lowest BCUT2D eigenvalue weighted by molar-refractivity contribution is -0.0605. The summed E-state index contributed by atoms with van der Waals surface area (Å²) in [4.78, 5) is 12.0. The number of rotatable bonds is 4. The van der Waals surface area contributed by atoms with Crippen LogP contribution in [0.25, 0.3) is 0 Å². The molecular weight excluding hydrogens is 232 g/mol. The van der Waals surface area contributed by atoms with Gasteiger partial charge >= 0.3 is 0 Å². The number of hydrogen-bond donors (Lipinski definition) is 2. The number of aryl methyl sites for hydroxylation is 1. The maximum absolute atomic E-state index is 12.0. The molecule has 0 unspecified atom stereocenters. The van der Waals surface area contributed by atoms with Crippen molar-refractivity contribution in [2.45, 2.75) is 31.9 Å². The third-order valence-corrected chi connectivity index (χ3v) is 3.40. The van der Waals surface area contributed by atoms with Crippen LogP contribution in [0.1, 0.15) is 30.3 Å². The van der Waals surface area contributed by atoms with E-state index in [0.29, 0.717) is 31.7 Å². The van der Waals surface area contributed by atoms with E-state index in [1.54, 1.807) is 6.07 Å². The van der Waals surface area contributed by atoms with E-state index in [4.69, 9.17) is 4.74 Å². The molecule has 0 radical (unpaired) electrons. The Morgan fingerprint density at radius 3 is 2.94 bits per heavy atom. The predicted molar refractivity (Wildman–Crippen MR) is 67.4 cm³/mol. The van der Waals surface area contributed by atoms with E-state index in [-0.39, 0.29) is 12.5 Å². The van der Waals surface area contributed by atoms with Crippen LogP contribution in [0.3, 0.4) is 0 Å². The van der Waals surface area contributed by atoms with Crippen LogP contribution in [0, 0.1) is 0 Å². The number of carbonyl (C=O) groups is 1. The number of aromatic nitrogens is 1. The molecule has 0 bridgehead atoms. The molecule has 1 fully saturated rings. The van der Waals surface area contributed by atoms with Crippen molar-refractivity contribution in [2.24, 2.45) is 0 Å². The largest absolute Gasteiger partial charge is 0.388 e. The van der Waals surface area contributed by atoms with Crippen LogP contribution in [0.15, 0.2) is 18.3 Å². The van der Waals surface area contributed by atoms with Gasteiger partial charge in [-0.1, -0.05) is 0 Å². The lowest BCUT2D eigenvalue weighted by atomic mass is 9.94. The quantitative estimate of drug-likeness (QED) is 0.832. The first-order valence-corrected chi connectivity index (χ1v) is 6.38. The molecule has 0 atom stereocenters. The van der Waals surface area contributed by atoms with Crippen LogP contribution < -0.4 is 5.32 Å². The molecule has 1 aromatic heterocycles. The molecule has 2 heterocycles. The summed E-state index contributed by atoms with van der Waals surface area (Å²) >= 11 is 0. The van der Waals surface area contributed by atoms with Crippen LogP contribution in [0.4, 0.5) is 0 Å². The van der Waals surface area contributed by atoms with Gasteiger partial charge in [0.25, 0.3) is 5.91 Å². The van der Waals surface area contributed by atoms with Crippen molar-refractivity contribution in [3.05, 3.63) is 24.0 Å². The molecule has 1 amide bonds. The number of nitrogens with zero attached hydrogens (tertiary/aromatic N) is 1. The maximum Gasteiger partial charge on any atom is 0.268 e. The number of amides is 1. The van der Waals surface area contributed by atoms with Crippen LogP contribution >= 0.6 is 0 Å². The average molecular weight is 252 g/mol. The van der Waals surface area contributed by atoms with Crippen LogP contribution in [-0.4, -0.2) is 40.9 Å². The second-order valence-electron chi connectivity index (χ2n) is 4.70. The number of nitrogens with one attached hydrogen (secondary N) is 1. The number of aliphatic hydroxyl groups is 1. The molecule has 5 heteroatoms. The van der Waals surface area contributed by atoms with E-state index in [9.17, 15) is 9.90 Å².